The Labute approximate surface area is 156 Å². The van der Waals surface area contributed by atoms with Crippen molar-refractivity contribution in [3.05, 3.63) is 59.2 Å². The van der Waals surface area contributed by atoms with Crippen molar-refractivity contribution in [3.63, 3.8) is 0 Å². The van der Waals surface area contributed by atoms with Gasteiger partial charge in [0.2, 0.25) is 0 Å². The van der Waals surface area contributed by atoms with E-state index in [2.05, 4.69) is 31.9 Å². The number of nitrogens with zero attached hydrogens (tertiary/aromatic N) is 2. The van der Waals surface area contributed by atoms with Gasteiger partial charge in [-0.1, -0.05) is 36.8 Å². The number of fused-ring (bicyclic) bond motifs is 3. The molecule has 2 aliphatic heterocycles. The van der Waals surface area contributed by atoms with Gasteiger partial charge >= 0.3 is 0 Å². The maximum absolute atomic E-state index is 13.5. The molecule has 0 aliphatic carbocycles. The van der Waals surface area contributed by atoms with Crippen LogP contribution in [0.25, 0.3) is 0 Å². The number of anilines is 1. The van der Waals surface area contributed by atoms with Gasteiger partial charge in [-0.2, -0.15) is 0 Å². The van der Waals surface area contributed by atoms with E-state index in [-0.39, 0.29) is 12.0 Å². The summed E-state index contributed by atoms with van der Waals surface area (Å²) in [4.78, 5) is 2.69. The molecule has 138 valence electrons. The Morgan fingerprint density at radius 1 is 1.12 bits per heavy atom. The predicted octanol–water partition coefficient (Wildman–Crippen LogP) is 3.55. The van der Waals surface area contributed by atoms with Gasteiger partial charge in [0.15, 0.2) is 0 Å². The molecule has 4 nitrogen and oxygen atoms in total. The van der Waals surface area contributed by atoms with Gasteiger partial charge in [0, 0.05) is 12.5 Å². The highest BCUT2D eigenvalue weighted by Gasteiger charge is 2.46. The first-order valence-corrected chi connectivity index (χ1v) is 10.8. The van der Waals surface area contributed by atoms with Crippen molar-refractivity contribution < 1.29 is 8.42 Å². The lowest BCUT2D eigenvalue weighted by Crippen LogP contribution is -2.47. The van der Waals surface area contributed by atoms with Gasteiger partial charge < -0.3 is 4.90 Å². The fraction of sp³-hybridized carbons (Fsp3) is 0.429. The Balaban J connectivity index is 1.82. The largest absolute Gasteiger partial charge is 0.306 e. The van der Waals surface area contributed by atoms with Crippen LogP contribution < -0.4 is 4.31 Å². The van der Waals surface area contributed by atoms with Crippen LogP contribution >= 0.6 is 0 Å². The highest BCUT2D eigenvalue weighted by Crippen LogP contribution is 2.47. The Morgan fingerprint density at radius 3 is 2.54 bits per heavy atom. The van der Waals surface area contributed by atoms with Crippen molar-refractivity contribution in [1.82, 2.24) is 4.90 Å². The van der Waals surface area contributed by atoms with E-state index in [9.17, 15) is 8.42 Å². The number of aryl methyl sites for hydroxylation is 2. The summed E-state index contributed by atoms with van der Waals surface area (Å²) in [6, 6.07) is 13.5. The Bertz CT molecular complexity index is 922. The number of hydrogen-bond donors (Lipinski definition) is 0. The van der Waals surface area contributed by atoms with Crippen molar-refractivity contribution in [1.29, 1.82) is 0 Å². The van der Waals surface area contributed by atoms with Crippen molar-refractivity contribution in [3.8, 4) is 0 Å². The summed E-state index contributed by atoms with van der Waals surface area (Å²) in [5.41, 5.74) is 4.37. The predicted molar refractivity (Wildman–Crippen MR) is 105 cm³/mol. The minimum atomic E-state index is -3.56. The topological polar surface area (TPSA) is 40.6 Å². The average Bonchev–Trinajstić information content (AvgIpc) is 2.95. The van der Waals surface area contributed by atoms with Crippen molar-refractivity contribution in [2.45, 2.75) is 43.5 Å². The van der Waals surface area contributed by atoms with Gasteiger partial charge in [-0.05, 0) is 62.7 Å². The third-order valence-corrected chi connectivity index (χ3v) is 7.64. The van der Waals surface area contributed by atoms with Crippen LogP contribution in [0.4, 0.5) is 5.69 Å². The maximum atomic E-state index is 13.5. The molecule has 0 radical (unpaired) electrons. The second-order valence-electron chi connectivity index (χ2n) is 7.59. The van der Waals surface area contributed by atoms with Crippen LogP contribution in [-0.2, 0) is 16.4 Å². The average molecular weight is 371 g/mol. The van der Waals surface area contributed by atoms with Gasteiger partial charge in [-0.15, -0.1) is 0 Å². The molecular weight excluding hydrogens is 344 g/mol. The van der Waals surface area contributed by atoms with Crippen LogP contribution in [0.1, 0.15) is 36.0 Å². The van der Waals surface area contributed by atoms with Crippen LogP contribution in [0.15, 0.2) is 47.4 Å². The second-order valence-corrected chi connectivity index (χ2v) is 9.40. The number of rotatable bonds is 3. The monoisotopic (exact) mass is 370 g/mol. The Kier molecular flexibility index (Phi) is 4.32. The lowest BCUT2D eigenvalue weighted by Gasteiger charge is -2.36. The molecule has 1 fully saturated rings. The number of likely N-dealkylation sites (N-methyl/N-ethyl adjacent to an activating group) is 1. The third-order valence-electron chi connectivity index (χ3n) is 5.79. The zero-order valence-electron chi connectivity index (χ0n) is 15.6. The lowest BCUT2D eigenvalue weighted by atomic mass is 9.89. The van der Waals surface area contributed by atoms with E-state index in [0.29, 0.717) is 4.90 Å². The lowest BCUT2D eigenvalue weighted by molar-refractivity contribution is 0.237. The molecule has 0 bridgehead atoms. The molecule has 1 saturated heterocycles. The van der Waals surface area contributed by atoms with Gasteiger partial charge in [-0.3, -0.25) is 4.31 Å². The Hall–Kier alpha value is -1.85. The molecule has 2 heterocycles. The minimum absolute atomic E-state index is 0.0128. The van der Waals surface area contributed by atoms with Crippen molar-refractivity contribution >= 4 is 15.7 Å². The smallest absolute Gasteiger partial charge is 0.264 e. The zero-order valence-corrected chi connectivity index (χ0v) is 16.5. The van der Waals surface area contributed by atoms with Crippen LogP contribution in [0.5, 0.6) is 0 Å². The van der Waals surface area contributed by atoms with E-state index in [4.69, 9.17) is 0 Å². The van der Waals surface area contributed by atoms with Gasteiger partial charge in [0.05, 0.1) is 16.6 Å². The minimum Gasteiger partial charge on any atom is -0.306 e. The molecule has 0 spiro atoms. The van der Waals surface area contributed by atoms with E-state index >= 15 is 0 Å². The quantitative estimate of drug-likeness (QED) is 0.830. The van der Waals surface area contributed by atoms with Crippen LogP contribution in [0.3, 0.4) is 0 Å². The molecule has 0 saturated carbocycles. The molecule has 0 N–H and O–H groups in total. The normalized spacial score (nSPS) is 23.0. The molecule has 0 aromatic heterocycles. The highest BCUT2D eigenvalue weighted by molar-refractivity contribution is 7.92. The molecule has 2 aliphatic rings. The van der Waals surface area contributed by atoms with Gasteiger partial charge in [0.1, 0.15) is 0 Å². The third kappa shape index (κ3) is 2.74. The van der Waals surface area contributed by atoms with Crippen molar-refractivity contribution in [2.24, 2.45) is 0 Å². The second kappa shape index (κ2) is 6.39. The van der Waals surface area contributed by atoms with Crippen LogP contribution in [-0.4, -0.2) is 39.5 Å². The van der Waals surface area contributed by atoms with Crippen LogP contribution in [0.2, 0.25) is 0 Å². The summed E-state index contributed by atoms with van der Waals surface area (Å²) in [6.45, 7) is 5.98. The first-order chi connectivity index (χ1) is 12.4. The highest BCUT2D eigenvalue weighted by atomic mass is 32.2. The van der Waals surface area contributed by atoms with Gasteiger partial charge in [0.25, 0.3) is 10.0 Å². The number of sulfonamides is 1. The Morgan fingerprint density at radius 2 is 1.85 bits per heavy atom. The van der Waals surface area contributed by atoms with E-state index < -0.39 is 10.0 Å². The fourth-order valence-electron chi connectivity index (χ4n) is 4.36. The molecule has 26 heavy (non-hydrogen) atoms. The molecule has 2 aromatic rings. The number of benzene rings is 2. The van der Waals surface area contributed by atoms with E-state index in [1.807, 2.05) is 24.3 Å². The molecule has 0 amide bonds. The molecular formula is C21H26N2O2S. The fourth-order valence-corrected chi connectivity index (χ4v) is 6.10. The molecule has 0 unspecified atom stereocenters. The number of piperidine rings is 1. The van der Waals surface area contributed by atoms with E-state index in [1.165, 1.54) is 11.1 Å². The van der Waals surface area contributed by atoms with Gasteiger partial charge in [-0.25, -0.2) is 8.42 Å². The summed E-state index contributed by atoms with van der Waals surface area (Å²) < 4.78 is 28.8. The summed E-state index contributed by atoms with van der Waals surface area (Å²) in [5, 5.41) is 0. The summed E-state index contributed by atoms with van der Waals surface area (Å²) >= 11 is 0. The summed E-state index contributed by atoms with van der Waals surface area (Å²) in [7, 11) is -1.45. The first kappa shape index (κ1) is 17.6. The molecule has 2 aromatic carbocycles. The van der Waals surface area contributed by atoms with E-state index in [1.54, 1.807) is 16.4 Å². The summed E-state index contributed by atoms with van der Waals surface area (Å²) in [6.07, 6.45) is 1.77. The van der Waals surface area contributed by atoms with Crippen LogP contribution in [0, 0.1) is 6.92 Å². The number of likely N-dealkylation sites (tertiary alicyclic amines) is 1. The molecule has 2 atom stereocenters. The van der Waals surface area contributed by atoms with Crippen molar-refractivity contribution in [2.75, 3.05) is 24.4 Å². The maximum Gasteiger partial charge on any atom is 0.264 e. The number of hydrogen-bond acceptors (Lipinski definition) is 3. The first-order valence-electron chi connectivity index (χ1n) is 9.34. The molecule has 5 heteroatoms. The summed E-state index contributed by atoms with van der Waals surface area (Å²) in [5.74, 6) is 0.244. The van der Waals surface area contributed by atoms with E-state index in [0.717, 1.165) is 37.2 Å². The SMILES string of the molecule is CCc1ccc(S(=O)(=O)N2c3ccc(C)cc3[C@H]3CN(C)CC[C@H]32)cc1. The zero-order chi connectivity index (χ0) is 18.5. The molecule has 4 rings (SSSR count). The standard InChI is InChI=1S/C21H26N2O2S/c1-4-16-6-8-17(9-7-16)26(24,25)23-20-10-5-15(2)13-18(20)19-14-22(3)12-11-21(19)23/h5-10,13,19,21H,4,11-12,14H2,1-3H3/t19-,21-/m1/s1.